The van der Waals surface area contributed by atoms with Crippen molar-refractivity contribution in [2.75, 3.05) is 11.9 Å². The quantitative estimate of drug-likeness (QED) is 0.905. The molecular weight excluding hydrogens is 242 g/mol. The van der Waals surface area contributed by atoms with Gasteiger partial charge in [-0.2, -0.15) is 0 Å². The number of nitrogens with zero attached hydrogens (tertiary/aromatic N) is 2. The molecule has 0 aliphatic carbocycles. The molecule has 0 aliphatic heterocycles. The van der Waals surface area contributed by atoms with Crippen LogP contribution in [-0.2, 0) is 0 Å². The maximum Gasteiger partial charge on any atom is 0.151 e. The number of thiophene rings is 1. The van der Waals surface area contributed by atoms with E-state index in [2.05, 4.69) is 55.3 Å². The molecule has 4 heteroatoms. The van der Waals surface area contributed by atoms with Crippen LogP contribution in [0.3, 0.4) is 0 Å². The first-order valence-corrected chi connectivity index (χ1v) is 7.09. The summed E-state index contributed by atoms with van der Waals surface area (Å²) in [5.41, 5.74) is 3.41. The van der Waals surface area contributed by atoms with E-state index in [0.29, 0.717) is 0 Å². The Kier molecular flexibility index (Phi) is 3.97. The predicted octanol–water partition coefficient (Wildman–Crippen LogP) is 3.95. The van der Waals surface area contributed by atoms with Crippen molar-refractivity contribution in [3.05, 3.63) is 28.1 Å². The smallest absolute Gasteiger partial charge is 0.151 e. The number of rotatable bonds is 4. The van der Waals surface area contributed by atoms with Gasteiger partial charge in [-0.1, -0.05) is 6.92 Å². The Hall–Kier alpha value is -1.42. The SMILES string of the molecule is CCCNc1nnc(-c2ccc(C)s2)c(C)c1C. The van der Waals surface area contributed by atoms with Gasteiger partial charge >= 0.3 is 0 Å². The number of hydrogen-bond acceptors (Lipinski definition) is 4. The van der Waals surface area contributed by atoms with Gasteiger partial charge < -0.3 is 5.32 Å². The van der Waals surface area contributed by atoms with Gasteiger partial charge in [-0.05, 0) is 50.5 Å². The normalized spacial score (nSPS) is 10.7. The molecule has 2 heterocycles. The Bertz CT molecular complexity index is 546. The third kappa shape index (κ3) is 2.53. The van der Waals surface area contributed by atoms with E-state index in [1.54, 1.807) is 11.3 Å². The summed E-state index contributed by atoms with van der Waals surface area (Å²) in [7, 11) is 0. The largest absolute Gasteiger partial charge is 0.368 e. The zero-order valence-corrected chi connectivity index (χ0v) is 12.2. The summed E-state index contributed by atoms with van der Waals surface area (Å²) in [5, 5.41) is 12.0. The molecule has 96 valence electrons. The molecule has 0 spiro atoms. The number of hydrogen-bond donors (Lipinski definition) is 1. The van der Waals surface area contributed by atoms with Crippen LogP contribution in [0.15, 0.2) is 12.1 Å². The number of nitrogens with one attached hydrogen (secondary N) is 1. The third-order valence-corrected chi connectivity index (χ3v) is 4.05. The molecule has 1 N–H and O–H groups in total. The second kappa shape index (κ2) is 5.48. The fraction of sp³-hybridized carbons (Fsp3) is 0.429. The lowest BCUT2D eigenvalue weighted by molar-refractivity contribution is 0.933. The maximum atomic E-state index is 4.37. The van der Waals surface area contributed by atoms with Crippen molar-refractivity contribution in [3.63, 3.8) is 0 Å². The van der Waals surface area contributed by atoms with Crippen molar-refractivity contribution in [1.29, 1.82) is 0 Å². The molecule has 0 bridgehead atoms. The molecular formula is C14H19N3S. The van der Waals surface area contributed by atoms with Crippen LogP contribution in [0.1, 0.15) is 29.3 Å². The van der Waals surface area contributed by atoms with Crippen LogP contribution in [0.4, 0.5) is 5.82 Å². The summed E-state index contributed by atoms with van der Waals surface area (Å²) in [6.07, 6.45) is 1.09. The second-order valence-electron chi connectivity index (χ2n) is 4.48. The van der Waals surface area contributed by atoms with Crippen LogP contribution in [0.2, 0.25) is 0 Å². The van der Waals surface area contributed by atoms with E-state index in [0.717, 1.165) is 24.5 Å². The van der Waals surface area contributed by atoms with E-state index in [9.17, 15) is 0 Å². The summed E-state index contributed by atoms with van der Waals surface area (Å²) in [5.74, 6) is 0.909. The molecule has 0 atom stereocenters. The van der Waals surface area contributed by atoms with Gasteiger partial charge in [0.25, 0.3) is 0 Å². The first kappa shape index (κ1) is 13.0. The van der Waals surface area contributed by atoms with Crippen LogP contribution in [0, 0.1) is 20.8 Å². The van der Waals surface area contributed by atoms with Crippen LogP contribution in [0.5, 0.6) is 0 Å². The van der Waals surface area contributed by atoms with E-state index in [4.69, 9.17) is 0 Å². The lowest BCUT2D eigenvalue weighted by Crippen LogP contribution is -2.07. The Morgan fingerprint density at radius 2 is 1.89 bits per heavy atom. The van der Waals surface area contributed by atoms with E-state index in [1.807, 2.05) is 0 Å². The van der Waals surface area contributed by atoms with Crippen LogP contribution in [0.25, 0.3) is 10.6 Å². The topological polar surface area (TPSA) is 37.8 Å². The first-order chi connectivity index (χ1) is 8.63. The number of aryl methyl sites for hydroxylation is 1. The first-order valence-electron chi connectivity index (χ1n) is 6.28. The van der Waals surface area contributed by atoms with E-state index in [1.165, 1.54) is 20.9 Å². The van der Waals surface area contributed by atoms with Crippen LogP contribution >= 0.6 is 11.3 Å². The molecule has 18 heavy (non-hydrogen) atoms. The third-order valence-electron chi connectivity index (χ3n) is 3.04. The van der Waals surface area contributed by atoms with Crippen LogP contribution < -0.4 is 5.32 Å². The highest BCUT2D eigenvalue weighted by Gasteiger charge is 2.12. The van der Waals surface area contributed by atoms with E-state index >= 15 is 0 Å². The molecule has 0 unspecified atom stereocenters. The van der Waals surface area contributed by atoms with Crippen molar-refractivity contribution >= 4 is 17.2 Å². The van der Waals surface area contributed by atoms with Gasteiger partial charge in [0.15, 0.2) is 5.82 Å². The van der Waals surface area contributed by atoms with Gasteiger partial charge in [-0.25, -0.2) is 0 Å². The van der Waals surface area contributed by atoms with E-state index < -0.39 is 0 Å². The molecule has 0 saturated carbocycles. The lowest BCUT2D eigenvalue weighted by atomic mass is 10.1. The maximum absolute atomic E-state index is 4.37. The summed E-state index contributed by atoms with van der Waals surface area (Å²) in [6, 6.07) is 4.25. The Balaban J connectivity index is 2.37. The lowest BCUT2D eigenvalue weighted by Gasteiger charge is -2.11. The average Bonchev–Trinajstić information content (AvgIpc) is 2.78. The Labute approximate surface area is 112 Å². The van der Waals surface area contributed by atoms with Crippen molar-refractivity contribution in [2.45, 2.75) is 34.1 Å². The number of aromatic nitrogens is 2. The highest BCUT2D eigenvalue weighted by Crippen LogP contribution is 2.30. The second-order valence-corrected chi connectivity index (χ2v) is 5.77. The summed E-state index contributed by atoms with van der Waals surface area (Å²) < 4.78 is 0. The fourth-order valence-corrected chi connectivity index (χ4v) is 2.72. The van der Waals surface area contributed by atoms with Crippen molar-refractivity contribution in [2.24, 2.45) is 0 Å². The Morgan fingerprint density at radius 3 is 2.50 bits per heavy atom. The zero-order valence-electron chi connectivity index (χ0n) is 11.4. The van der Waals surface area contributed by atoms with Crippen LogP contribution in [-0.4, -0.2) is 16.7 Å². The molecule has 0 aliphatic rings. The van der Waals surface area contributed by atoms with Crippen molar-refractivity contribution < 1.29 is 0 Å². The predicted molar refractivity (Wildman–Crippen MR) is 78.3 cm³/mol. The molecule has 2 aromatic heterocycles. The minimum atomic E-state index is 0.909. The van der Waals surface area contributed by atoms with Gasteiger partial charge in [0.1, 0.15) is 5.69 Å². The fourth-order valence-electron chi connectivity index (χ4n) is 1.81. The molecule has 0 fully saturated rings. The van der Waals surface area contributed by atoms with Crippen molar-refractivity contribution in [1.82, 2.24) is 10.2 Å². The minimum Gasteiger partial charge on any atom is -0.368 e. The van der Waals surface area contributed by atoms with Gasteiger partial charge in [-0.15, -0.1) is 21.5 Å². The van der Waals surface area contributed by atoms with E-state index in [-0.39, 0.29) is 0 Å². The van der Waals surface area contributed by atoms with Gasteiger partial charge in [0.2, 0.25) is 0 Å². The molecule has 0 radical (unpaired) electrons. The highest BCUT2D eigenvalue weighted by atomic mass is 32.1. The minimum absolute atomic E-state index is 0.909. The molecule has 0 amide bonds. The van der Waals surface area contributed by atoms with Gasteiger partial charge in [0.05, 0.1) is 4.88 Å². The summed E-state index contributed by atoms with van der Waals surface area (Å²) in [4.78, 5) is 2.50. The molecule has 3 nitrogen and oxygen atoms in total. The Morgan fingerprint density at radius 1 is 1.11 bits per heavy atom. The monoisotopic (exact) mass is 261 g/mol. The van der Waals surface area contributed by atoms with Gasteiger partial charge in [0, 0.05) is 11.4 Å². The highest BCUT2D eigenvalue weighted by molar-refractivity contribution is 7.15. The summed E-state index contributed by atoms with van der Waals surface area (Å²) >= 11 is 1.76. The summed E-state index contributed by atoms with van der Waals surface area (Å²) in [6.45, 7) is 9.41. The molecule has 0 aromatic carbocycles. The molecule has 2 aromatic rings. The number of anilines is 1. The molecule has 0 saturated heterocycles. The average molecular weight is 261 g/mol. The standard InChI is InChI=1S/C14H19N3S/c1-5-8-15-14-11(4)10(3)13(16-17-14)12-7-6-9(2)18-12/h6-7H,5,8H2,1-4H3,(H,15,17). The van der Waals surface area contributed by atoms with Gasteiger partial charge in [-0.3, -0.25) is 0 Å². The van der Waals surface area contributed by atoms with Crippen molar-refractivity contribution in [3.8, 4) is 10.6 Å². The molecule has 2 rings (SSSR count). The zero-order chi connectivity index (χ0) is 13.1.